The lowest BCUT2D eigenvalue weighted by molar-refractivity contribution is 0.0184. The summed E-state index contributed by atoms with van der Waals surface area (Å²) in [5.74, 6) is 1.06. The van der Waals surface area contributed by atoms with Crippen molar-refractivity contribution >= 4 is 26.2 Å². The van der Waals surface area contributed by atoms with Crippen LogP contribution in [-0.4, -0.2) is 60.2 Å². The van der Waals surface area contributed by atoms with Gasteiger partial charge in [-0.2, -0.15) is 12.6 Å². The van der Waals surface area contributed by atoms with Crippen molar-refractivity contribution in [3.63, 3.8) is 0 Å². The van der Waals surface area contributed by atoms with Crippen LogP contribution < -0.4 is 5.73 Å². The van der Waals surface area contributed by atoms with E-state index in [9.17, 15) is 4.79 Å². The number of ether oxygens (including phenoxy) is 2. The minimum atomic E-state index is -0.550. The molecule has 2 fully saturated rings. The maximum absolute atomic E-state index is 13.0. The summed E-state index contributed by atoms with van der Waals surface area (Å²) in [6, 6.07) is -0.263. The zero-order chi connectivity index (χ0) is 24.3. The molecule has 1 aliphatic carbocycles. The van der Waals surface area contributed by atoms with Gasteiger partial charge in [0.15, 0.2) is 0 Å². The zero-order valence-electron chi connectivity index (χ0n) is 21.5. The number of hydrogen-bond donors (Lipinski definition) is 2. The molecule has 6 nitrogen and oxygen atoms in total. The highest BCUT2D eigenvalue weighted by molar-refractivity contribution is 7.81. The lowest BCUT2D eigenvalue weighted by atomic mass is 9.81. The fourth-order valence-corrected chi connectivity index (χ4v) is 4.28. The second-order valence-electron chi connectivity index (χ2n) is 11.3. The molecule has 3 atom stereocenters. The summed E-state index contributed by atoms with van der Waals surface area (Å²) in [5, 5.41) is 0. The fraction of sp³-hybridized carbons (Fsp3) is 0.875. The summed E-state index contributed by atoms with van der Waals surface area (Å²) in [6.45, 7) is 14.5. The number of nitrogens with two attached hydrogens (primary N) is 1. The molecule has 0 aromatic carbocycles. The van der Waals surface area contributed by atoms with Crippen LogP contribution in [0.1, 0.15) is 80.6 Å². The molecule has 0 aromatic rings. The predicted molar refractivity (Wildman–Crippen MR) is 135 cm³/mol. The van der Waals surface area contributed by atoms with Gasteiger partial charge in [-0.05, 0) is 79.7 Å². The van der Waals surface area contributed by atoms with E-state index in [4.69, 9.17) is 19.9 Å². The lowest BCUT2D eigenvalue weighted by Gasteiger charge is -2.38. The average molecular weight is 469 g/mol. The number of rotatable bonds is 9. The van der Waals surface area contributed by atoms with Crippen molar-refractivity contribution in [3.8, 4) is 0 Å². The highest BCUT2D eigenvalue weighted by atomic mass is 32.1. The smallest absolute Gasteiger partial charge is 0.410 e. The average Bonchev–Trinajstić information content (AvgIpc) is 2.91. The number of carbonyl (C=O) groups is 1. The molecule has 2 unspecified atom stereocenters. The molecule has 2 aliphatic rings. The Kier molecular flexibility index (Phi) is 9.07. The van der Waals surface area contributed by atoms with Crippen LogP contribution in [0.25, 0.3) is 0 Å². The Hall–Kier alpha value is -0.855. The number of hydrogen-bond acceptors (Lipinski definition) is 6. The van der Waals surface area contributed by atoms with Crippen molar-refractivity contribution in [2.24, 2.45) is 11.7 Å². The summed E-state index contributed by atoms with van der Waals surface area (Å²) >= 11 is 4.67. The van der Waals surface area contributed by atoms with E-state index in [1.54, 1.807) is 12.0 Å². The van der Waals surface area contributed by atoms with E-state index >= 15 is 0 Å². The van der Waals surface area contributed by atoms with E-state index in [1.165, 1.54) is 12.0 Å². The standard InChI is InChI=1S/C24H45BN2O4S/c1-22(2,3)30-21(28)27-15-18(26)17(19(27)20(29-8)16-11-9-12-16)13-10-14-25-31-23(4,5)24(6,7)32/h17-19,25,32H,9-15,26H2,1-8H3/t17?,18-,19?/m0/s1. The van der Waals surface area contributed by atoms with Crippen molar-refractivity contribution in [1.29, 1.82) is 0 Å². The Balaban J connectivity index is 2.08. The maximum atomic E-state index is 13.0. The quantitative estimate of drug-likeness (QED) is 0.222. The van der Waals surface area contributed by atoms with Gasteiger partial charge in [0.05, 0.1) is 18.8 Å². The molecule has 2 rings (SSSR count). The molecule has 0 bridgehead atoms. The zero-order valence-corrected chi connectivity index (χ0v) is 22.4. The van der Waals surface area contributed by atoms with Gasteiger partial charge in [0.25, 0.3) is 7.48 Å². The number of allylic oxidation sites excluding steroid dienone is 1. The Labute approximate surface area is 201 Å². The summed E-state index contributed by atoms with van der Waals surface area (Å²) in [5.41, 5.74) is 7.04. The molecule has 1 heterocycles. The lowest BCUT2D eigenvalue weighted by Crippen LogP contribution is -2.44. The van der Waals surface area contributed by atoms with Gasteiger partial charge in [0.2, 0.25) is 0 Å². The Morgan fingerprint density at radius 1 is 1.19 bits per heavy atom. The van der Waals surface area contributed by atoms with E-state index in [1.807, 2.05) is 20.8 Å². The van der Waals surface area contributed by atoms with Gasteiger partial charge in [-0.15, -0.1) is 0 Å². The van der Waals surface area contributed by atoms with Crippen LogP contribution in [-0.2, 0) is 14.1 Å². The Morgan fingerprint density at radius 3 is 2.28 bits per heavy atom. The molecular formula is C24H45BN2O4S. The molecule has 1 saturated heterocycles. The molecule has 184 valence electrons. The number of methoxy groups -OCH3 is 1. The second-order valence-corrected chi connectivity index (χ2v) is 12.5. The van der Waals surface area contributed by atoms with E-state index in [0.717, 1.165) is 37.8 Å². The van der Waals surface area contributed by atoms with Crippen molar-refractivity contribution < 1.29 is 18.9 Å². The van der Waals surface area contributed by atoms with E-state index in [2.05, 4.69) is 40.3 Å². The van der Waals surface area contributed by atoms with Gasteiger partial charge in [-0.25, -0.2) is 4.79 Å². The van der Waals surface area contributed by atoms with Gasteiger partial charge in [-0.1, -0.05) is 12.7 Å². The molecule has 1 aliphatic heterocycles. The van der Waals surface area contributed by atoms with E-state index in [0.29, 0.717) is 14.0 Å². The van der Waals surface area contributed by atoms with Crippen LogP contribution in [0.3, 0.4) is 0 Å². The fourth-order valence-electron chi connectivity index (χ4n) is 4.22. The molecule has 1 amide bonds. The first-order valence-electron chi connectivity index (χ1n) is 12.1. The van der Waals surface area contributed by atoms with Crippen LogP contribution in [0.5, 0.6) is 0 Å². The number of nitrogens with zero attached hydrogens (tertiary/aromatic N) is 1. The van der Waals surface area contributed by atoms with Crippen molar-refractivity contribution in [1.82, 2.24) is 4.90 Å². The highest BCUT2D eigenvalue weighted by Gasteiger charge is 2.47. The van der Waals surface area contributed by atoms with Crippen molar-refractivity contribution in [2.75, 3.05) is 13.7 Å². The van der Waals surface area contributed by atoms with Gasteiger partial charge in [-0.3, -0.25) is 4.90 Å². The molecule has 1 saturated carbocycles. The summed E-state index contributed by atoms with van der Waals surface area (Å²) in [7, 11) is 2.39. The third-order valence-electron chi connectivity index (χ3n) is 6.99. The van der Waals surface area contributed by atoms with Crippen LogP contribution in [0, 0.1) is 5.92 Å². The van der Waals surface area contributed by atoms with Crippen molar-refractivity contribution in [2.45, 2.75) is 115 Å². The van der Waals surface area contributed by atoms with Gasteiger partial charge < -0.3 is 19.9 Å². The Morgan fingerprint density at radius 2 is 1.81 bits per heavy atom. The first-order chi connectivity index (χ1) is 14.7. The molecule has 8 heteroatoms. The minimum Gasteiger partial charge on any atom is -0.499 e. The third kappa shape index (κ3) is 6.83. The number of carbonyl (C=O) groups excluding carboxylic acids is 1. The monoisotopic (exact) mass is 468 g/mol. The number of amides is 1. The van der Waals surface area contributed by atoms with Gasteiger partial charge >= 0.3 is 6.09 Å². The number of likely N-dealkylation sites (tertiary alicyclic amines) is 1. The molecule has 2 N–H and O–H groups in total. The van der Waals surface area contributed by atoms with Crippen LogP contribution in [0.4, 0.5) is 4.79 Å². The summed E-state index contributed by atoms with van der Waals surface area (Å²) in [6.07, 6.45) is 5.77. The van der Waals surface area contributed by atoms with Gasteiger partial charge in [0, 0.05) is 23.3 Å². The van der Waals surface area contributed by atoms with Crippen LogP contribution >= 0.6 is 12.6 Å². The molecule has 32 heavy (non-hydrogen) atoms. The highest BCUT2D eigenvalue weighted by Crippen LogP contribution is 2.40. The molecule has 0 radical (unpaired) electrons. The van der Waals surface area contributed by atoms with Crippen LogP contribution in [0.15, 0.2) is 11.3 Å². The number of thiol groups is 1. The minimum absolute atomic E-state index is 0.105. The predicted octanol–water partition coefficient (Wildman–Crippen LogP) is 4.69. The van der Waals surface area contributed by atoms with Crippen LogP contribution in [0.2, 0.25) is 6.32 Å². The normalized spacial score (nSPS) is 24.2. The first-order valence-corrected chi connectivity index (χ1v) is 12.5. The SMILES string of the molecule is COC(=C1CCC1)C1C(CCCBOC(C)(C)C(C)(C)S)[C@@H](N)CN1C(=O)OC(C)(C)C. The van der Waals surface area contributed by atoms with E-state index in [-0.39, 0.29) is 34.4 Å². The van der Waals surface area contributed by atoms with Gasteiger partial charge in [0.1, 0.15) is 11.4 Å². The van der Waals surface area contributed by atoms with E-state index < -0.39 is 5.60 Å². The first kappa shape index (κ1) is 27.4. The summed E-state index contributed by atoms with van der Waals surface area (Å²) < 4.78 is 17.5. The Bertz CT molecular complexity index is 678. The largest absolute Gasteiger partial charge is 0.499 e. The second kappa shape index (κ2) is 10.6. The topological polar surface area (TPSA) is 74.0 Å². The maximum Gasteiger partial charge on any atom is 0.410 e. The molecule has 0 spiro atoms. The summed E-state index contributed by atoms with van der Waals surface area (Å²) in [4.78, 5) is 14.8. The third-order valence-corrected chi connectivity index (χ3v) is 7.53. The molecule has 0 aromatic heterocycles. The van der Waals surface area contributed by atoms with Crippen molar-refractivity contribution in [3.05, 3.63) is 11.3 Å². The molecular weight excluding hydrogens is 423 g/mol.